The normalized spacial score (nSPS) is 17.9. The molecule has 0 saturated heterocycles. The van der Waals surface area contributed by atoms with Crippen molar-refractivity contribution in [3.05, 3.63) is 59.2 Å². The number of anilines is 2. The summed E-state index contributed by atoms with van der Waals surface area (Å²) >= 11 is 1.90. The maximum Gasteiger partial charge on any atom is 0.268 e. The second-order valence-electron chi connectivity index (χ2n) is 15.1. The van der Waals surface area contributed by atoms with Gasteiger partial charge in [-0.3, -0.25) is 0 Å². The van der Waals surface area contributed by atoms with Crippen LogP contribution in [0.25, 0.3) is 10.1 Å². The first kappa shape index (κ1) is 26.0. The van der Waals surface area contributed by atoms with Crippen molar-refractivity contribution in [2.24, 2.45) is 0 Å². The molecule has 0 N–H and O–H groups in total. The van der Waals surface area contributed by atoms with Crippen LogP contribution in [0, 0.1) is 0 Å². The van der Waals surface area contributed by atoms with E-state index in [2.05, 4.69) is 117 Å². The molecule has 1 aromatic heterocycles. The van der Waals surface area contributed by atoms with Crippen molar-refractivity contribution in [2.75, 3.05) is 12.0 Å². The van der Waals surface area contributed by atoms with Gasteiger partial charge in [-0.2, -0.15) is 0 Å². The fourth-order valence-corrected chi connectivity index (χ4v) is 8.25. The number of nitrogens with zero attached hydrogens (tertiary/aromatic N) is 1. The maximum atomic E-state index is 6.93. The van der Waals surface area contributed by atoms with Crippen LogP contribution in [0.1, 0.15) is 85.9 Å². The summed E-state index contributed by atoms with van der Waals surface area (Å²) in [4.78, 5) is 2.60. The number of fused-ring (bicyclic) bond motifs is 6. The molecule has 3 nitrogen and oxygen atoms in total. The van der Waals surface area contributed by atoms with Crippen LogP contribution < -0.4 is 30.1 Å². The van der Waals surface area contributed by atoms with E-state index in [9.17, 15) is 0 Å². The highest BCUT2D eigenvalue weighted by molar-refractivity contribution is 7.33. The van der Waals surface area contributed by atoms with Gasteiger partial charge >= 0.3 is 0 Å². The second-order valence-corrected chi connectivity index (χ2v) is 16.2. The SMILES string of the molecule is COc1cc2c3c(c1)N1c4c(cc(C(C)(C)C)cc4C(C)(C)C1(C)C)B3c1sc3ccc(C(C)(C)C)cc3c1O2. The third-order valence-corrected chi connectivity index (χ3v) is 11.4. The summed E-state index contributed by atoms with van der Waals surface area (Å²) in [6.45, 7) is 23.6. The summed E-state index contributed by atoms with van der Waals surface area (Å²) < 4.78 is 15.4. The van der Waals surface area contributed by atoms with Gasteiger partial charge in [-0.05, 0) is 64.4 Å². The molecule has 0 aliphatic carbocycles. The maximum absolute atomic E-state index is 6.93. The average molecular weight is 550 g/mol. The van der Waals surface area contributed by atoms with E-state index in [0.29, 0.717) is 0 Å². The van der Waals surface area contributed by atoms with Crippen molar-refractivity contribution in [3.63, 3.8) is 0 Å². The smallest absolute Gasteiger partial charge is 0.268 e. The molecule has 40 heavy (non-hydrogen) atoms. The van der Waals surface area contributed by atoms with Gasteiger partial charge in [0.2, 0.25) is 0 Å². The van der Waals surface area contributed by atoms with Gasteiger partial charge in [-0.1, -0.05) is 73.6 Å². The molecule has 3 aliphatic rings. The minimum atomic E-state index is -0.145. The molecule has 0 atom stereocenters. The Labute approximate surface area is 243 Å². The number of benzene rings is 3. The Bertz CT molecular complexity index is 1750. The lowest BCUT2D eigenvalue weighted by Gasteiger charge is -2.46. The largest absolute Gasteiger partial charge is 0.497 e. The molecule has 4 heterocycles. The highest BCUT2D eigenvalue weighted by atomic mass is 32.1. The van der Waals surface area contributed by atoms with Crippen molar-refractivity contribution >= 4 is 55.2 Å². The lowest BCUT2D eigenvalue weighted by molar-refractivity contribution is 0.329. The van der Waals surface area contributed by atoms with E-state index < -0.39 is 0 Å². The Morgan fingerprint density at radius 1 is 0.875 bits per heavy atom. The minimum Gasteiger partial charge on any atom is -0.497 e. The Kier molecular flexibility index (Phi) is 4.99. The summed E-state index contributed by atoms with van der Waals surface area (Å²) in [6.07, 6.45) is 0. The van der Waals surface area contributed by atoms with E-state index in [4.69, 9.17) is 9.47 Å². The number of rotatable bonds is 1. The van der Waals surface area contributed by atoms with E-state index in [1.54, 1.807) is 7.11 Å². The van der Waals surface area contributed by atoms with Crippen molar-refractivity contribution in [3.8, 4) is 17.2 Å². The van der Waals surface area contributed by atoms with E-state index in [0.717, 1.165) is 17.2 Å². The van der Waals surface area contributed by atoms with Gasteiger partial charge in [-0.15, -0.1) is 11.3 Å². The predicted octanol–water partition coefficient (Wildman–Crippen LogP) is 7.65. The zero-order valence-corrected chi connectivity index (χ0v) is 26.6. The highest BCUT2D eigenvalue weighted by Crippen LogP contribution is 2.57. The minimum absolute atomic E-state index is 0.0396. The van der Waals surface area contributed by atoms with Gasteiger partial charge in [0.1, 0.15) is 17.2 Å². The zero-order chi connectivity index (χ0) is 28.7. The van der Waals surface area contributed by atoms with Crippen molar-refractivity contribution < 1.29 is 9.47 Å². The molecule has 0 amide bonds. The van der Waals surface area contributed by atoms with Gasteiger partial charge in [0.15, 0.2) is 0 Å². The first-order valence-corrected chi connectivity index (χ1v) is 15.3. The Morgan fingerprint density at radius 3 is 2.23 bits per heavy atom. The van der Waals surface area contributed by atoms with Crippen LogP contribution >= 0.6 is 11.3 Å². The van der Waals surface area contributed by atoms with Crippen LogP contribution in [0.3, 0.4) is 0 Å². The van der Waals surface area contributed by atoms with Crippen LogP contribution in [0.4, 0.5) is 11.4 Å². The highest BCUT2D eigenvalue weighted by Gasteiger charge is 2.57. The summed E-state index contributed by atoms with van der Waals surface area (Å²) in [6, 6.07) is 16.3. The van der Waals surface area contributed by atoms with E-state index >= 15 is 0 Å². The summed E-state index contributed by atoms with van der Waals surface area (Å²) in [5.41, 5.74) is 9.34. The monoisotopic (exact) mass is 549 g/mol. The van der Waals surface area contributed by atoms with E-state index in [-0.39, 0.29) is 28.5 Å². The summed E-state index contributed by atoms with van der Waals surface area (Å²) in [7, 11) is 1.76. The molecule has 0 fully saturated rings. The van der Waals surface area contributed by atoms with Gasteiger partial charge in [0, 0.05) is 49.3 Å². The van der Waals surface area contributed by atoms with Crippen LogP contribution in [0.2, 0.25) is 0 Å². The molecular formula is C35H40BNO2S. The third kappa shape index (κ3) is 3.19. The molecule has 0 radical (unpaired) electrons. The van der Waals surface area contributed by atoms with Crippen molar-refractivity contribution in [2.45, 2.75) is 91.0 Å². The fourth-order valence-electron chi connectivity index (χ4n) is 7.00. The zero-order valence-electron chi connectivity index (χ0n) is 25.8. The van der Waals surface area contributed by atoms with Crippen LogP contribution in [0.15, 0.2) is 42.5 Å². The molecule has 7 rings (SSSR count). The first-order chi connectivity index (χ1) is 18.6. The van der Waals surface area contributed by atoms with Gasteiger partial charge in [-0.25, -0.2) is 0 Å². The number of methoxy groups -OCH3 is 1. The molecule has 0 saturated carbocycles. The van der Waals surface area contributed by atoms with Gasteiger partial charge < -0.3 is 14.4 Å². The number of ether oxygens (including phenoxy) is 2. The second kappa shape index (κ2) is 7.67. The Hall–Kier alpha value is -2.92. The number of thiophene rings is 1. The lowest BCUT2D eigenvalue weighted by atomic mass is 9.36. The number of hydrogen-bond acceptors (Lipinski definition) is 4. The molecule has 206 valence electrons. The summed E-state index contributed by atoms with van der Waals surface area (Å²) in [5.74, 6) is 2.77. The van der Waals surface area contributed by atoms with Crippen molar-refractivity contribution in [1.82, 2.24) is 0 Å². The average Bonchev–Trinajstić information content (AvgIpc) is 3.30. The van der Waals surface area contributed by atoms with E-state index in [1.165, 1.54) is 53.9 Å². The van der Waals surface area contributed by atoms with Crippen LogP contribution in [-0.4, -0.2) is 19.4 Å². The molecule has 3 aromatic carbocycles. The molecular weight excluding hydrogens is 509 g/mol. The first-order valence-electron chi connectivity index (χ1n) is 14.5. The quantitative estimate of drug-likeness (QED) is 0.201. The lowest BCUT2D eigenvalue weighted by Crippen LogP contribution is -2.61. The molecule has 0 bridgehead atoms. The Morgan fingerprint density at radius 2 is 1.57 bits per heavy atom. The molecule has 3 aliphatic heterocycles. The standard InChI is InChI=1S/C35H40BNO2S/c1-32(2,3)19-12-13-27-22(14-19)30-31(40-27)36-24-16-20(33(4,5)6)15-23-29(24)37(35(9,10)34(23,7)8)25-17-21(38-11)18-26(39-30)28(25)36/h12-18H,1-11H3. The third-order valence-electron chi connectivity index (χ3n) is 10.2. The Balaban J connectivity index is 1.61. The van der Waals surface area contributed by atoms with E-state index in [1.807, 2.05) is 11.3 Å². The van der Waals surface area contributed by atoms with Gasteiger partial charge in [0.25, 0.3) is 6.71 Å². The van der Waals surface area contributed by atoms with Crippen molar-refractivity contribution in [1.29, 1.82) is 0 Å². The number of hydrogen-bond donors (Lipinski definition) is 0. The molecule has 5 heteroatoms. The van der Waals surface area contributed by atoms with Crippen LogP contribution in [0.5, 0.6) is 17.2 Å². The molecule has 0 spiro atoms. The molecule has 0 unspecified atom stereocenters. The van der Waals surface area contributed by atoms with Gasteiger partial charge in [0.05, 0.1) is 7.11 Å². The summed E-state index contributed by atoms with van der Waals surface area (Å²) in [5, 5.41) is 1.22. The van der Waals surface area contributed by atoms with Crippen LogP contribution in [-0.2, 0) is 16.2 Å². The fraction of sp³-hybridized carbons (Fsp3) is 0.429. The molecule has 4 aromatic rings. The predicted molar refractivity (Wildman–Crippen MR) is 173 cm³/mol. The topological polar surface area (TPSA) is 21.7 Å².